The monoisotopic (exact) mass is 398 g/mol. The van der Waals surface area contributed by atoms with Crippen LogP contribution in [0.25, 0.3) is 5.65 Å². The smallest absolute Gasteiger partial charge is 0.167 e. The van der Waals surface area contributed by atoms with Gasteiger partial charge in [0, 0.05) is 25.2 Å². The molecule has 0 aliphatic heterocycles. The highest BCUT2D eigenvalue weighted by atomic mass is 19.1. The summed E-state index contributed by atoms with van der Waals surface area (Å²) in [6.07, 6.45) is 4.33. The van der Waals surface area contributed by atoms with Gasteiger partial charge in [0.2, 0.25) is 0 Å². The molecule has 0 spiro atoms. The summed E-state index contributed by atoms with van der Waals surface area (Å²) in [6, 6.07) is 7.85. The highest BCUT2D eigenvalue weighted by Gasteiger charge is 2.12. The van der Waals surface area contributed by atoms with E-state index in [1.807, 2.05) is 27.0 Å². The minimum atomic E-state index is -0.393. The number of aromatic nitrogens is 3. The van der Waals surface area contributed by atoms with Crippen LogP contribution in [-0.4, -0.2) is 40.6 Å². The van der Waals surface area contributed by atoms with Crippen molar-refractivity contribution in [2.75, 3.05) is 18.9 Å². The Bertz CT molecular complexity index is 998. The van der Waals surface area contributed by atoms with Gasteiger partial charge in [-0.15, -0.1) is 0 Å². The number of nitrogens with one attached hydrogen (secondary N) is 2. The third-order valence-corrected chi connectivity index (χ3v) is 3.71. The summed E-state index contributed by atoms with van der Waals surface area (Å²) < 4.78 is 21.0. The molecule has 2 N–H and O–H groups in total. The van der Waals surface area contributed by atoms with Crippen LogP contribution in [-0.2, 0) is 0 Å². The van der Waals surface area contributed by atoms with Crippen molar-refractivity contribution in [3.05, 3.63) is 48.0 Å². The predicted octanol–water partition coefficient (Wildman–Crippen LogP) is 3.33. The molecule has 0 amide bonds. The summed E-state index contributed by atoms with van der Waals surface area (Å²) in [4.78, 5) is 15.4. The number of anilines is 2. The lowest BCUT2D eigenvalue weighted by atomic mass is 10.2. The van der Waals surface area contributed by atoms with E-state index in [2.05, 4.69) is 20.7 Å². The third kappa shape index (κ3) is 5.99. The third-order valence-electron chi connectivity index (χ3n) is 3.71. The number of nitrogens with zero attached hydrogens (tertiary/aromatic N) is 4. The fraction of sp³-hybridized carbons (Fsp3) is 0.300. The van der Waals surface area contributed by atoms with E-state index in [1.165, 1.54) is 22.8 Å². The summed E-state index contributed by atoms with van der Waals surface area (Å²) in [7, 11) is 1.83. The van der Waals surface area contributed by atoms with Gasteiger partial charge in [-0.1, -0.05) is 6.92 Å². The molecule has 0 saturated carbocycles. The van der Waals surface area contributed by atoms with Crippen LogP contribution in [0, 0.1) is 17.1 Å². The Balaban J connectivity index is 0.000000687. The number of carbonyl (C=O) groups is 1. The van der Waals surface area contributed by atoms with Crippen molar-refractivity contribution >= 4 is 23.4 Å². The van der Waals surface area contributed by atoms with Crippen LogP contribution in [0.3, 0.4) is 0 Å². The van der Waals surface area contributed by atoms with E-state index >= 15 is 0 Å². The Labute approximate surface area is 168 Å². The van der Waals surface area contributed by atoms with Crippen LogP contribution in [0.1, 0.15) is 30.6 Å². The molecule has 1 atom stereocenters. The van der Waals surface area contributed by atoms with Gasteiger partial charge >= 0.3 is 0 Å². The zero-order chi connectivity index (χ0) is 21.2. The zero-order valence-corrected chi connectivity index (χ0v) is 16.5. The van der Waals surface area contributed by atoms with Crippen LogP contribution >= 0.6 is 0 Å². The second-order valence-electron chi connectivity index (χ2n) is 6.06. The Morgan fingerprint density at radius 3 is 2.83 bits per heavy atom. The molecular weight excluding hydrogens is 375 g/mol. The van der Waals surface area contributed by atoms with Gasteiger partial charge in [-0.2, -0.15) is 10.4 Å². The number of aldehydes is 1. The summed E-state index contributed by atoms with van der Waals surface area (Å²) in [6.45, 7) is 4.39. The number of fused-ring (bicyclic) bond motifs is 1. The minimum absolute atomic E-state index is 0.0945. The summed E-state index contributed by atoms with van der Waals surface area (Å²) in [5.41, 5.74) is 1.25. The maximum Gasteiger partial charge on any atom is 0.167 e. The first-order chi connectivity index (χ1) is 14.0. The lowest BCUT2D eigenvalue weighted by Gasteiger charge is -2.18. The molecule has 9 heteroatoms. The molecule has 0 fully saturated rings. The topological polar surface area (TPSA) is 104 Å². The van der Waals surface area contributed by atoms with Gasteiger partial charge in [0.15, 0.2) is 11.9 Å². The van der Waals surface area contributed by atoms with Crippen molar-refractivity contribution in [1.29, 1.82) is 5.26 Å². The SMILES string of the molecule is CCC#N.CNCC(C)Oc1ccc(F)cc1Nc1ccn2ncc(C=O)c2n1. The normalized spacial score (nSPS) is 11.1. The maximum absolute atomic E-state index is 13.7. The molecule has 0 aliphatic carbocycles. The molecule has 0 bridgehead atoms. The number of likely N-dealkylation sites (N-methyl/N-ethyl adjacent to an activating group) is 1. The number of rotatable bonds is 7. The van der Waals surface area contributed by atoms with Crippen LogP contribution in [0.2, 0.25) is 0 Å². The fourth-order valence-electron chi connectivity index (χ4n) is 2.43. The van der Waals surface area contributed by atoms with E-state index in [-0.39, 0.29) is 6.10 Å². The lowest BCUT2D eigenvalue weighted by Crippen LogP contribution is -2.26. The average molecular weight is 398 g/mol. The highest BCUT2D eigenvalue weighted by molar-refractivity contribution is 5.84. The summed E-state index contributed by atoms with van der Waals surface area (Å²) >= 11 is 0. The lowest BCUT2D eigenvalue weighted by molar-refractivity contribution is 0.112. The number of nitriles is 1. The summed E-state index contributed by atoms with van der Waals surface area (Å²) in [5.74, 6) is 0.567. The van der Waals surface area contributed by atoms with Crippen LogP contribution in [0.15, 0.2) is 36.7 Å². The second kappa shape index (κ2) is 10.7. The first kappa shape index (κ1) is 21.8. The molecule has 29 heavy (non-hydrogen) atoms. The molecule has 2 heterocycles. The Hall–Kier alpha value is -3.51. The molecular formula is C20H23FN6O2. The highest BCUT2D eigenvalue weighted by Crippen LogP contribution is 2.29. The number of hydrogen-bond acceptors (Lipinski definition) is 7. The molecule has 0 radical (unpaired) electrons. The summed E-state index contributed by atoms with van der Waals surface area (Å²) in [5, 5.41) is 17.7. The predicted molar refractivity (Wildman–Crippen MR) is 108 cm³/mol. The molecule has 1 aromatic carbocycles. The van der Waals surface area contributed by atoms with Crippen LogP contribution < -0.4 is 15.4 Å². The van der Waals surface area contributed by atoms with Crippen molar-refractivity contribution in [1.82, 2.24) is 19.9 Å². The van der Waals surface area contributed by atoms with E-state index in [1.54, 1.807) is 18.3 Å². The number of halogens is 1. The maximum atomic E-state index is 13.7. The van der Waals surface area contributed by atoms with Crippen LogP contribution in [0.5, 0.6) is 5.75 Å². The Morgan fingerprint density at radius 2 is 2.17 bits per heavy atom. The van der Waals surface area contributed by atoms with Gasteiger partial charge < -0.3 is 15.4 Å². The first-order valence-corrected chi connectivity index (χ1v) is 9.06. The molecule has 3 rings (SSSR count). The van der Waals surface area contributed by atoms with Crippen molar-refractivity contribution in [3.8, 4) is 11.8 Å². The van der Waals surface area contributed by atoms with E-state index < -0.39 is 5.82 Å². The van der Waals surface area contributed by atoms with Gasteiger partial charge in [0.1, 0.15) is 23.5 Å². The minimum Gasteiger partial charge on any atom is -0.487 e. The van der Waals surface area contributed by atoms with Gasteiger partial charge in [0.25, 0.3) is 0 Å². The fourth-order valence-corrected chi connectivity index (χ4v) is 2.43. The molecule has 0 saturated heterocycles. The largest absolute Gasteiger partial charge is 0.487 e. The van der Waals surface area contributed by atoms with E-state index in [0.717, 1.165) is 0 Å². The molecule has 0 aliphatic rings. The average Bonchev–Trinajstić information content (AvgIpc) is 3.13. The molecule has 3 aromatic rings. The quantitative estimate of drug-likeness (QED) is 0.588. The Kier molecular flexibility index (Phi) is 8.06. The molecule has 1 unspecified atom stereocenters. The van der Waals surface area contributed by atoms with E-state index in [9.17, 15) is 9.18 Å². The molecule has 8 nitrogen and oxygen atoms in total. The van der Waals surface area contributed by atoms with Gasteiger partial charge in [0.05, 0.1) is 23.5 Å². The molecule has 152 valence electrons. The first-order valence-electron chi connectivity index (χ1n) is 9.06. The molecule has 2 aromatic heterocycles. The van der Waals surface area contributed by atoms with Crippen LogP contribution in [0.4, 0.5) is 15.9 Å². The second-order valence-corrected chi connectivity index (χ2v) is 6.06. The van der Waals surface area contributed by atoms with Crippen molar-refractivity contribution in [3.63, 3.8) is 0 Å². The van der Waals surface area contributed by atoms with Crippen molar-refractivity contribution in [2.45, 2.75) is 26.4 Å². The number of hydrogen-bond donors (Lipinski definition) is 2. The number of carbonyl (C=O) groups excluding carboxylic acids is 1. The standard InChI is InChI=1S/C17H18FN5O2.C3H5N/c1-11(8-19-2)25-15-4-3-13(18)7-14(15)21-16-5-6-23-17(22-16)12(10-24)9-20-23;1-2-3-4/h3-7,9-11,19H,8H2,1-2H3,(H,21,22);2H2,1H3. The van der Waals surface area contributed by atoms with Gasteiger partial charge in [-0.25, -0.2) is 13.9 Å². The van der Waals surface area contributed by atoms with Crippen molar-refractivity contribution < 1.29 is 13.9 Å². The van der Waals surface area contributed by atoms with E-state index in [4.69, 9.17) is 10.00 Å². The van der Waals surface area contributed by atoms with E-state index in [0.29, 0.717) is 47.7 Å². The zero-order valence-electron chi connectivity index (χ0n) is 16.5. The van der Waals surface area contributed by atoms with Crippen molar-refractivity contribution in [2.24, 2.45) is 0 Å². The number of benzene rings is 1. The Morgan fingerprint density at radius 1 is 1.41 bits per heavy atom. The van der Waals surface area contributed by atoms with Gasteiger partial charge in [-0.3, -0.25) is 4.79 Å². The van der Waals surface area contributed by atoms with Gasteiger partial charge in [-0.05, 0) is 32.2 Å². The number of ether oxygens (including phenoxy) is 1.